The number of benzene rings is 3. The van der Waals surface area contributed by atoms with E-state index in [1.165, 1.54) is 10.4 Å². The molecule has 0 saturated carbocycles. The molecule has 3 aromatic carbocycles. The molecule has 4 rings (SSSR count). The number of nitrogens with zero attached hydrogens (tertiary/aromatic N) is 1. The zero-order valence-electron chi connectivity index (χ0n) is 16.8. The van der Waals surface area contributed by atoms with E-state index in [0.29, 0.717) is 30.8 Å². The fraction of sp³-hybridized carbons (Fsp3) is 0.208. The average molecular weight is 421 g/mol. The monoisotopic (exact) mass is 420 g/mol. The average Bonchev–Trinajstić information content (AvgIpc) is 3.23. The van der Waals surface area contributed by atoms with Crippen LogP contribution in [0.5, 0.6) is 0 Å². The van der Waals surface area contributed by atoms with E-state index in [2.05, 4.69) is 5.32 Å². The standard InChI is InChI=1S/C24H24N2O3S/c1-18(19-8-3-2-4-9-19)17-25-24(27)21-11-7-12-22(16-21)30(28,29)26-15-14-20-10-5-6-13-23(20)26/h2-13,16,18H,14-15,17H2,1H3,(H,25,27)/t18-/m0/s1. The summed E-state index contributed by atoms with van der Waals surface area (Å²) >= 11 is 0. The summed E-state index contributed by atoms with van der Waals surface area (Å²) in [4.78, 5) is 12.8. The van der Waals surface area contributed by atoms with Crippen LogP contribution in [0.1, 0.15) is 34.3 Å². The van der Waals surface area contributed by atoms with Gasteiger partial charge in [0.05, 0.1) is 10.6 Å². The highest BCUT2D eigenvalue weighted by Gasteiger charge is 2.30. The number of hydrogen-bond donors (Lipinski definition) is 1. The molecule has 0 fully saturated rings. The Morgan fingerprint density at radius 1 is 1.00 bits per heavy atom. The Labute approximate surface area is 177 Å². The second-order valence-electron chi connectivity index (χ2n) is 7.51. The van der Waals surface area contributed by atoms with Gasteiger partial charge in [0.15, 0.2) is 0 Å². The van der Waals surface area contributed by atoms with Crippen LogP contribution in [0.3, 0.4) is 0 Å². The Bertz CT molecular complexity index is 1160. The molecule has 5 nitrogen and oxygen atoms in total. The van der Waals surface area contributed by atoms with Crippen molar-refractivity contribution >= 4 is 21.6 Å². The molecule has 0 saturated heterocycles. The molecule has 0 spiro atoms. The van der Waals surface area contributed by atoms with Crippen LogP contribution < -0.4 is 9.62 Å². The van der Waals surface area contributed by atoms with Crippen LogP contribution in [0.15, 0.2) is 83.8 Å². The molecule has 0 bridgehead atoms. The van der Waals surface area contributed by atoms with E-state index in [4.69, 9.17) is 0 Å². The van der Waals surface area contributed by atoms with Crippen molar-refractivity contribution in [3.05, 3.63) is 95.6 Å². The van der Waals surface area contributed by atoms with Gasteiger partial charge in [0, 0.05) is 18.7 Å². The van der Waals surface area contributed by atoms with E-state index in [0.717, 1.165) is 11.1 Å². The summed E-state index contributed by atoms with van der Waals surface area (Å²) in [5, 5.41) is 2.91. The normalized spacial score (nSPS) is 14.2. The number of fused-ring (bicyclic) bond motifs is 1. The van der Waals surface area contributed by atoms with Crippen LogP contribution in [0.4, 0.5) is 5.69 Å². The van der Waals surface area contributed by atoms with E-state index in [1.807, 2.05) is 61.5 Å². The first-order valence-corrected chi connectivity index (χ1v) is 11.4. The molecule has 1 heterocycles. The third-order valence-corrected chi connectivity index (χ3v) is 7.28. The topological polar surface area (TPSA) is 66.5 Å². The Morgan fingerprint density at radius 2 is 1.73 bits per heavy atom. The fourth-order valence-electron chi connectivity index (χ4n) is 3.73. The number of hydrogen-bond acceptors (Lipinski definition) is 3. The highest BCUT2D eigenvalue weighted by atomic mass is 32.2. The summed E-state index contributed by atoms with van der Waals surface area (Å²) in [7, 11) is -3.73. The van der Waals surface area contributed by atoms with Gasteiger partial charge in [0.1, 0.15) is 0 Å². The van der Waals surface area contributed by atoms with Crippen molar-refractivity contribution in [1.29, 1.82) is 0 Å². The van der Waals surface area contributed by atoms with Crippen LogP contribution >= 0.6 is 0 Å². The van der Waals surface area contributed by atoms with E-state index in [-0.39, 0.29) is 16.7 Å². The number of carbonyl (C=O) groups is 1. The Kier molecular flexibility index (Phi) is 5.59. The van der Waals surface area contributed by atoms with Gasteiger partial charge >= 0.3 is 0 Å². The van der Waals surface area contributed by atoms with Gasteiger partial charge in [0.25, 0.3) is 15.9 Å². The number of rotatable bonds is 6. The third kappa shape index (κ3) is 3.96. The Morgan fingerprint density at radius 3 is 2.53 bits per heavy atom. The molecule has 154 valence electrons. The van der Waals surface area contributed by atoms with Gasteiger partial charge in [-0.05, 0) is 47.7 Å². The molecule has 0 aromatic heterocycles. The lowest BCUT2D eigenvalue weighted by Gasteiger charge is -2.20. The number of amides is 1. The highest BCUT2D eigenvalue weighted by Crippen LogP contribution is 2.32. The first-order chi connectivity index (χ1) is 14.5. The lowest BCUT2D eigenvalue weighted by atomic mass is 10.0. The minimum Gasteiger partial charge on any atom is -0.351 e. The van der Waals surface area contributed by atoms with Crippen LogP contribution in [-0.4, -0.2) is 27.4 Å². The van der Waals surface area contributed by atoms with Gasteiger partial charge < -0.3 is 5.32 Å². The van der Waals surface area contributed by atoms with Crippen molar-refractivity contribution in [2.24, 2.45) is 0 Å². The summed E-state index contributed by atoms with van der Waals surface area (Å²) in [6.45, 7) is 2.92. The molecule has 3 aromatic rings. The van der Waals surface area contributed by atoms with Gasteiger partial charge in [-0.1, -0.05) is 61.5 Å². The summed E-state index contributed by atoms with van der Waals surface area (Å²) in [6.07, 6.45) is 0.687. The summed E-state index contributed by atoms with van der Waals surface area (Å²) in [5.41, 5.74) is 3.21. The SMILES string of the molecule is C[C@@H](CNC(=O)c1cccc(S(=O)(=O)N2CCc3ccccc32)c1)c1ccccc1. The maximum atomic E-state index is 13.2. The Balaban J connectivity index is 1.50. The lowest BCUT2D eigenvalue weighted by molar-refractivity contribution is 0.0951. The maximum Gasteiger partial charge on any atom is 0.264 e. The predicted octanol–water partition coefficient (Wildman–Crippen LogP) is 3.97. The summed E-state index contributed by atoms with van der Waals surface area (Å²) in [6, 6.07) is 23.7. The molecule has 6 heteroatoms. The van der Waals surface area contributed by atoms with Crippen molar-refractivity contribution in [2.45, 2.75) is 24.2 Å². The smallest absolute Gasteiger partial charge is 0.264 e. The van der Waals surface area contributed by atoms with Gasteiger partial charge in [-0.3, -0.25) is 9.10 Å². The third-order valence-electron chi connectivity index (χ3n) is 5.47. The second-order valence-corrected chi connectivity index (χ2v) is 9.37. The predicted molar refractivity (Wildman–Crippen MR) is 118 cm³/mol. The minimum absolute atomic E-state index is 0.128. The zero-order chi connectivity index (χ0) is 21.1. The van der Waals surface area contributed by atoms with Crippen molar-refractivity contribution in [3.63, 3.8) is 0 Å². The largest absolute Gasteiger partial charge is 0.351 e. The first-order valence-electron chi connectivity index (χ1n) is 10.0. The molecule has 0 aliphatic carbocycles. The van der Waals surface area contributed by atoms with Crippen molar-refractivity contribution in [1.82, 2.24) is 5.32 Å². The number of sulfonamides is 1. The van der Waals surface area contributed by atoms with E-state index in [1.54, 1.807) is 18.2 Å². The molecule has 0 radical (unpaired) electrons. The number of nitrogens with one attached hydrogen (secondary N) is 1. The van der Waals surface area contributed by atoms with Crippen LogP contribution in [-0.2, 0) is 16.4 Å². The molecule has 30 heavy (non-hydrogen) atoms. The van der Waals surface area contributed by atoms with E-state index in [9.17, 15) is 13.2 Å². The lowest BCUT2D eigenvalue weighted by Crippen LogP contribution is -2.30. The van der Waals surface area contributed by atoms with E-state index < -0.39 is 10.0 Å². The number of anilines is 1. The van der Waals surface area contributed by atoms with E-state index >= 15 is 0 Å². The molecule has 1 N–H and O–H groups in total. The number of para-hydroxylation sites is 1. The highest BCUT2D eigenvalue weighted by molar-refractivity contribution is 7.92. The van der Waals surface area contributed by atoms with Gasteiger partial charge in [-0.2, -0.15) is 0 Å². The molecular weight excluding hydrogens is 396 g/mol. The molecule has 1 atom stereocenters. The molecule has 1 aliphatic heterocycles. The maximum absolute atomic E-state index is 13.2. The fourth-order valence-corrected chi connectivity index (χ4v) is 5.28. The van der Waals surface area contributed by atoms with Crippen molar-refractivity contribution in [2.75, 3.05) is 17.4 Å². The summed E-state index contributed by atoms with van der Waals surface area (Å²) in [5.74, 6) is -0.125. The minimum atomic E-state index is -3.73. The molecule has 1 aliphatic rings. The van der Waals surface area contributed by atoms with Crippen LogP contribution in [0.2, 0.25) is 0 Å². The quantitative estimate of drug-likeness (QED) is 0.656. The number of carbonyl (C=O) groups excluding carboxylic acids is 1. The van der Waals surface area contributed by atoms with Crippen molar-refractivity contribution < 1.29 is 13.2 Å². The second kappa shape index (κ2) is 8.32. The first kappa shape index (κ1) is 20.2. The van der Waals surface area contributed by atoms with Gasteiger partial charge in [-0.25, -0.2) is 8.42 Å². The molecular formula is C24H24N2O3S. The van der Waals surface area contributed by atoms with Gasteiger partial charge in [-0.15, -0.1) is 0 Å². The summed E-state index contributed by atoms with van der Waals surface area (Å²) < 4.78 is 27.9. The van der Waals surface area contributed by atoms with Gasteiger partial charge in [0.2, 0.25) is 0 Å². The van der Waals surface area contributed by atoms with Crippen LogP contribution in [0, 0.1) is 0 Å². The molecule has 0 unspecified atom stereocenters. The van der Waals surface area contributed by atoms with Crippen LogP contribution in [0.25, 0.3) is 0 Å². The van der Waals surface area contributed by atoms with Crippen molar-refractivity contribution in [3.8, 4) is 0 Å². The Hall–Kier alpha value is -3.12. The zero-order valence-corrected chi connectivity index (χ0v) is 17.6. The molecule has 1 amide bonds.